The van der Waals surface area contributed by atoms with Crippen molar-refractivity contribution in [3.8, 4) is 29.1 Å². The van der Waals surface area contributed by atoms with E-state index in [-0.39, 0.29) is 46.9 Å². The van der Waals surface area contributed by atoms with Crippen molar-refractivity contribution >= 4 is 33.2 Å². The highest BCUT2D eigenvalue weighted by atomic mass is 33.1. The minimum absolute atomic E-state index is 0.0215. The van der Waals surface area contributed by atoms with Gasteiger partial charge in [0.2, 0.25) is 0 Å². The highest BCUT2D eigenvalue weighted by molar-refractivity contribution is 8.76. The highest BCUT2D eigenvalue weighted by Gasteiger charge is 2.54. The Labute approximate surface area is 387 Å². The lowest BCUT2D eigenvalue weighted by molar-refractivity contribution is -0.114. The fraction of sp³-hybridized carbons (Fsp3) is 0.481. The molecule has 2 fully saturated rings. The number of aryl methyl sites for hydroxylation is 1. The number of unbranched alkanes of at least 4 members (excludes halogenated alkanes) is 2. The summed E-state index contributed by atoms with van der Waals surface area (Å²) in [6.45, 7) is 4.96. The Hall–Kier alpha value is -4.40. The molecule has 2 saturated carbocycles. The van der Waals surface area contributed by atoms with Crippen molar-refractivity contribution in [2.24, 2.45) is 34.1 Å². The third-order valence-electron chi connectivity index (χ3n) is 14.8. The van der Waals surface area contributed by atoms with Crippen LogP contribution in [-0.2, 0) is 29.8 Å². The number of nitrogens with one attached hydrogen (secondary N) is 1. The van der Waals surface area contributed by atoms with Gasteiger partial charge >= 0.3 is 0 Å². The third-order valence-corrected chi connectivity index (χ3v) is 17.3. The molecule has 4 aliphatic rings. The fourth-order valence-electron chi connectivity index (χ4n) is 11.1. The molecule has 7 N–H and O–H groups in total. The number of carbonyl (C=O) groups is 2. The van der Waals surface area contributed by atoms with Gasteiger partial charge in [0.05, 0.1) is 19.2 Å². The zero-order chi connectivity index (χ0) is 44.8. The molecule has 1 aliphatic heterocycles. The van der Waals surface area contributed by atoms with E-state index in [2.05, 4.69) is 42.8 Å². The molecule has 4 aromatic rings. The van der Waals surface area contributed by atoms with E-state index >= 15 is 0 Å². The summed E-state index contributed by atoms with van der Waals surface area (Å²) in [5.41, 5.74) is 20.6. The predicted molar refractivity (Wildman–Crippen MR) is 261 cm³/mol. The standard InChI is InChI=1S/C54H65N3O5S2/c1-3-4-5-7-35(2)26-40-16-20-53-22-23-54(40,33-53)21-17-41(58)13-10-36-12-15-49(60)51(28-36)62-25-19-37-11-14-48(59)46(27-37)45-31-50(61)42-18-24-57-47(42)9-6-8-38-29-44(52(55)56)39(30-43(38)45)32-63-64-34-53/h11-12,14-15,17-18,21,24,27-30,35,40,45,52,57,59-60H,3-5,7,9-10,13,16,19-20,22-23,25-26,31-34,55-56H2,1-2H3/b21-17-/t35-,40-,45-,53-,54-/m0/s1. The maximum absolute atomic E-state index is 14.2. The molecule has 10 heteroatoms. The first kappa shape index (κ1) is 46.1. The van der Waals surface area contributed by atoms with E-state index in [1.54, 1.807) is 18.3 Å². The number of aromatic amines is 1. The van der Waals surface area contributed by atoms with Crippen LogP contribution in [0.25, 0.3) is 0 Å². The number of phenols is 2. The Balaban J connectivity index is 1.15. The number of H-pyrrole nitrogens is 1. The lowest BCUT2D eigenvalue weighted by atomic mass is 9.61. The number of allylic oxidation sites excluding steroid dienone is 2. The molecule has 0 spiro atoms. The van der Waals surface area contributed by atoms with Gasteiger partial charge in [0.25, 0.3) is 0 Å². The van der Waals surface area contributed by atoms with Gasteiger partial charge in [0.1, 0.15) is 5.75 Å². The number of hydrogen-bond donors (Lipinski definition) is 5. The van der Waals surface area contributed by atoms with Crippen molar-refractivity contribution in [1.29, 1.82) is 0 Å². The number of phenolic OH excluding ortho intramolecular Hbond substituents is 2. The molecule has 5 atom stereocenters. The first-order valence-corrected chi connectivity index (χ1v) is 26.0. The predicted octanol–water partition coefficient (Wildman–Crippen LogP) is 11.4. The number of carbonyl (C=O) groups excluding carboxylic acids is 2. The number of hydrogen-bond acceptors (Lipinski definition) is 9. The van der Waals surface area contributed by atoms with Crippen molar-refractivity contribution in [2.75, 3.05) is 12.4 Å². The van der Waals surface area contributed by atoms with Gasteiger partial charge in [-0.25, -0.2) is 0 Å². The second-order valence-electron chi connectivity index (χ2n) is 19.3. The molecule has 64 heavy (non-hydrogen) atoms. The molecule has 0 amide bonds. The van der Waals surface area contributed by atoms with Crippen molar-refractivity contribution in [3.63, 3.8) is 0 Å². The van der Waals surface area contributed by atoms with Crippen LogP contribution in [0.5, 0.6) is 17.2 Å². The normalized spacial score (nSPS) is 24.9. The molecule has 3 aromatic carbocycles. The zero-order valence-electron chi connectivity index (χ0n) is 37.6. The van der Waals surface area contributed by atoms with Crippen LogP contribution in [0.3, 0.4) is 0 Å². The van der Waals surface area contributed by atoms with Crippen LogP contribution in [0.1, 0.15) is 158 Å². The number of rotatable bonds is 7. The Morgan fingerprint density at radius 1 is 0.938 bits per heavy atom. The Kier molecular flexibility index (Phi) is 14.7. The minimum atomic E-state index is -0.728. The second kappa shape index (κ2) is 20.4. The topological polar surface area (TPSA) is 152 Å². The molecule has 338 valence electrons. The molecule has 8 nitrogen and oxygen atoms in total. The van der Waals surface area contributed by atoms with E-state index in [9.17, 15) is 19.8 Å². The average molecular weight is 900 g/mol. The van der Waals surface area contributed by atoms with Crippen LogP contribution in [0.15, 0.2) is 72.9 Å². The van der Waals surface area contributed by atoms with Gasteiger partial charge in [-0.15, -0.1) is 0 Å². The number of benzene rings is 3. The van der Waals surface area contributed by atoms with Crippen molar-refractivity contribution < 1.29 is 24.5 Å². The molecular formula is C54H65N3O5S2. The number of aromatic nitrogens is 1. The fourth-order valence-corrected chi connectivity index (χ4v) is 14.0. The van der Waals surface area contributed by atoms with Crippen molar-refractivity contribution in [3.05, 3.63) is 123 Å². The molecule has 1 aromatic heterocycles. The van der Waals surface area contributed by atoms with Gasteiger partial charge in [0, 0.05) is 65.3 Å². The number of ether oxygens (including phenoxy) is 1. The van der Waals surface area contributed by atoms with Crippen LogP contribution in [0, 0.1) is 34.5 Å². The van der Waals surface area contributed by atoms with Crippen molar-refractivity contribution in [1.82, 2.24) is 4.98 Å². The highest BCUT2D eigenvalue weighted by Crippen LogP contribution is 2.64. The summed E-state index contributed by atoms with van der Waals surface area (Å²) >= 11 is 0. The summed E-state index contributed by atoms with van der Waals surface area (Å²) in [7, 11) is 3.76. The van der Waals surface area contributed by atoms with E-state index in [1.165, 1.54) is 44.9 Å². The number of fused-ring (bicyclic) bond motifs is 7. The van der Waals surface area contributed by atoms with Gasteiger partial charge in [0.15, 0.2) is 23.1 Å². The molecule has 8 bridgehead atoms. The summed E-state index contributed by atoms with van der Waals surface area (Å²) in [4.78, 5) is 31.1. The van der Waals surface area contributed by atoms with Gasteiger partial charge < -0.3 is 31.4 Å². The smallest absolute Gasteiger partial charge is 0.165 e. The van der Waals surface area contributed by atoms with E-state index in [0.29, 0.717) is 60.1 Å². The number of aromatic hydroxyl groups is 2. The number of Topliss-reactive ketones (excluding diaryl/α,β-unsaturated/α-hetero) is 1. The first-order chi connectivity index (χ1) is 30.9. The van der Waals surface area contributed by atoms with Crippen LogP contribution >= 0.6 is 21.6 Å². The van der Waals surface area contributed by atoms with E-state index in [0.717, 1.165) is 64.1 Å². The maximum Gasteiger partial charge on any atom is 0.165 e. The van der Waals surface area contributed by atoms with Gasteiger partial charge in [-0.3, -0.25) is 9.59 Å². The van der Waals surface area contributed by atoms with E-state index in [1.807, 2.05) is 64.1 Å². The van der Waals surface area contributed by atoms with Crippen molar-refractivity contribution in [2.45, 2.75) is 128 Å². The first-order valence-electron chi connectivity index (χ1n) is 23.5. The lowest BCUT2D eigenvalue weighted by Crippen LogP contribution is -2.36. The van der Waals surface area contributed by atoms with Crippen LogP contribution < -0.4 is 16.2 Å². The molecule has 3 aliphatic carbocycles. The summed E-state index contributed by atoms with van der Waals surface area (Å²) < 4.78 is 6.19. The van der Waals surface area contributed by atoms with Crippen LogP contribution in [-0.4, -0.2) is 39.1 Å². The summed E-state index contributed by atoms with van der Waals surface area (Å²) in [5, 5.41) is 22.4. The number of nitrogens with two attached hydrogens (primary N) is 2. The summed E-state index contributed by atoms with van der Waals surface area (Å²) in [6, 6.07) is 16.8. The summed E-state index contributed by atoms with van der Waals surface area (Å²) in [6.07, 6.45) is 19.3. The molecule has 0 saturated heterocycles. The quantitative estimate of drug-likeness (QED) is 0.0528. The van der Waals surface area contributed by atoms with Gasteiger partial charge in [-0.05, 0) is 132 Å². The maximum atomic E-state index is 14.2. The average Bonchev–Trinajstić information content (AvgIpc) is 3.88. The largest absolute Gasteiger partial charge is 0.508 e. The Morgan fingerprint density at radius 3 is 2.59 bits per heavy atom. The molecule has 0 unspecified atom stereocenters. The Bertz CT molecular complexity index is 2430. The summed E-state index contributed by atoms with van der Waals surface area (Å²) in [5.74, 6) is 9.76. The van der Waals surface area contributed by atoms with Crippen LogP contribution in [0.2, 0.25) is 0 Å². The monoisotopic (exact) mass is 899 g/mol. The zero-order valence-corrected chi connectivity index (χ0v) is 39.2. The lowest BCUT2D eigenvalue weighted by Gasteiger charge is -2.45. The minimum Gasteiger partial charge on any atom is -0.508 e. The van der Waals surface area contributed by atoms with Gasteiger partial charge in [-0.2, -0.15) is 0 Å². The molecule has 0 radical (unpaired) electrons. The SMILES string of the molecule is CCCCC[C@H](C)C[C@@H]1CC[C@@]23CC[C@@]1(/C=C\C(=O)CCc1ccc(O)c(c1)OCCc1ccc(O)c(c1)[C@H]1CC(=O)c4cc[nH]c4CC#Cc4cc(C(N)N)c(cc41)CSSC2)C3. The Morgan fingerprint density at radius 2 is 1.77 bits per heavy atom. The van der Waals surface area contributed by atoms with Crippen LogP contribution in [0.4, 0.5) is 0 Å². The molecular weight excluding hydrogens is 835 g/mol. The number of ketones is 2. The third kappa shape index (κ3) is 10.5. The van der Waals surface area contributed by atoms with Gasteiger partial charge in [-0.1, -0.05) is 103 Å². The molecule has 8 rings (SSSR count). The molecule has 2 heterocycles. The second-order valence-corrected chi connectivity index (χ2v) is 21.8. The van der Waals surface area contributed by atoms with E-state index in [4.69, 9.17) is 16.2 Å². The van der Waals surface area contributed by atoms with E-state index < -0.39 is 12.1 Å².